The standard InChI is InChI=1S/C10H18O2/c1-9(2)6-4-7(9)10(3,12)8(11)5-6/h6-8,11-12H,4-5H2,1-3H3/t6-,7-,8?,10+/m0/s1. The highest BCUT2D eigenvalue weighted by Gasteiger charge is 2.62. The SMILES string of the molecule is CC1(C)[C@@H]2CC(O)[C@](C)(O)[C@H]1C2. The first-order valence-electron chi connectivity index (χ1n) is 4.77. The lowest BCUT2D eigenvalue weighted by atomic mass is 9.43. The minimum absolute atomic E-state index is 0.239. The third kappa shape index (κ3) is 0.775. The van der Waals surface area contributed by atoms with Crippen molar-refractivity contribution in [3.8, 4) is 0 Å². The minimum atomic E-state index is -0.849. The van der Waals surface area contributed by atoms with Crippen molar-refractivity contribution in [2.45, 2.75) is 45.3 Å². The van der Waals surface area contributed by atoms with Gasteiger partial charge in [-0.25, -0.2) is 0 Å². The van der Waals surface area contributed by atoms with Crippen LogP contribution in [0, 0.1) is 17.3 Å². The van der Waals surface area contributed by atoms with Gasteiger partial charge in [0.2, 0.25) is 0 Å². The van der Waals surface area contributed by atoms with Crippen LogP contribution in [-0.2, 0) is 0 Å². The van der Waals surface area contributed by atoms with Crippen molar-refractivity contribution < 1.29 is 10.2 Å². The molecule has 0 spiro atoms. The summed E-state index contributed by atoms with van der Waals surface area (Å²) in [5.74, 6) is 0.913. The van der Waals surface area contributed by atoms with Gasteiger partial charge in [0.15, 0.2) is 0 Å². The summed E-state index contributed by atoms with van der Waals surface area (Å²) in [4.78, 5) is 0. The lowest BCUT2D eigenvalue weighted by Crippen LogP contribution is -2.66. The quantitative estimate of drug-likeness (QED) is 0.573. The van der Waals surface area contributed by atoms with Gasteiger partial charge in [-0.1, -0.05) is 13.8 Å². The summed E-state index contributed by atoms with van der Waals surface area (Å²) < 4.78 is 0. The first-order chi connectivity index (χ1) is 5.37. The highest BCUT2D eigenvalue weighted by Crippen LogP contribution is 2.62. The molecular formula is C10H18O2. The molecule has 0 aliphatic heterocycles. The zero-order valence-electron chi connectivity index (χ0n) is 8.04. The second kappa shape index (κ2) is 2.05. The fourth-order valence-electron chi connectivity index (χ4n) is 3.15. The Morgan fingerprint density at radius 3 is 2.08 bits per heavy atom. The van der Waals surface area contributed by atoms with Crippen LogP contribution >= 0.6 is 0 Å². The number of hydrogen-bond acceptors (Lipinski definition) is 2. The van der Waals surface area contributed by atoms with E-state index < -0.39 is 11.7 Å². The molecule has 0 aromatic rings. The minimum Gasteiger partial charge on any atom is -0.390 e. The molecule has 0 amide bonds. The number of hydrogen-bond donors (Lipinski definition) is 2. The molecule has 3 saturated carbocycles. The van der Waals surface area contributed by atoms with Crippen LogP contribution in [0.15, 0.2) is 0 Å². The van der Waals surface area contributed by atoms with Crippen molar-refractivity contribution in [2.75, 3.05) is 0 Å². The van der Waals surface area contributed by atoms with E-state index in [1.54, 1.807) is 6.92 Å². The van der Waals surface area contributed by atoms with E-state index in [0.717, 1.165) is 12.8 Å². The highest BCUT2D eigenvalue weighted by atomic mass is 16.3. The second-order valence-corrected chi connectivity index (χ2v) is 5.28. The molecule has 1 unspecified atom stereocenters. The van der Waals surface area contributed by atoms with Gasteiger partial charge in [-0.2, -0.15) is 0 Å². The lowest BCUT2D eigenvalue weighted by molar-refractivity contribution is -0.245. The smallest absolute Gasteiger partial charge is 0.0910 e. The van der Waals surface area contributed by atoms with Crippen molar-refractivity contribution in [3.05, 3.63) is 0 Å². The summed E-state index contributed by atoms with van der Waals surface area (Å²) in [6.45, 7) is 6.18. The zero-order valence-corrected chi connectivity index (χ0v) is 8.04. The van der Waals surface area contributed by atoms with Gasteiger partial charge in [-0.05, 0) is 37.0 Å². The molecule has 2 nitrogen and oxygen atoms in total. The first kappa shape index (κ1) is 8.52. The summed E-state index contributed by atoms with van der Waals surface area (Å²) >= 11 is 0. The van der Waals surface area contributed by atoms with Crippen molar-refractivity contribution in [1.29, 1.82) is 0 Å². The van der Waals surface area contributed by atoms with Crippen LogP contribution in [0.4, 0.5) is 0 Å². The molecule has 3 fully saturated rings. The van der Waals surface area contributed by atoms with Crippen LogP contribution in [0.25, 0.3) is 0 Å². The third-order valence-electron chi connectivity index (χ3n) is 4.36. The van der Waals surface area contributed by atoms with Crippen LogP contribution in [0.2, 0.25) is 0 Å². The maximum absolute atomic E-state index is 10.0. The average Bonchev–Trinajstić information content (AvgIpc) is 1.93. The average molecular weight is 170 g/mol. The van der Waals surface area contributed by atoms with Crippen LogP contribution in [0.1, 0.15) is 33.6 Å². The molecule has 70 valence electrons. The van der Waals surface area contributed by atoms with E-state index in [0.29, 0.717) is 11.8 Å². The van der Waals surface area contributed by atoms with Crippen LogP contribution < -0.4 is 0 Å². The second-order valence-electron chi connectivity index (χ2n) is 5.28. The Hall–Kier alpha value is -0.0800. The van der Waals surface area contributed by atoms with Crippen molar-refractivity contribution in [1.82, 2.24) is 0 Å². The van der Waals surface area contributed by atoms with Crippen LogP contribution in [0.5, 0.6) is 0 Å². The van der Waals surface area contributed by atoms with E-state index in [2.05, 4.69) is 13.8 Å². The summed E-state index contributed by atoms with van der Waals surface area (Å²) in [6.07, 6.45) is 1.36. The van der Waals surface area contributed by atoms with Crippen molar-refractivity contribution in [2.24, 2.45) is 17.3 Å². The maximum atomic E-state index is 10.0. The highest BCUT2D eigenvalue weighted by molar-refractivity contribution is 5.12. The zero-order chi connectivity index (χ0) is 9.15. The van der Waals surface area contributed by atoms with Gasteiger partial charge in [0, 0.05) is 0 Å². The monoisotopic (exact) mass is 170 g/mol. The summed E-state index contributed by atoms with van der Waals surface area (Å²) in [7, 11) is 0. The molecule has 3 aliphatic carbocycles. The molecule has 0 saturated heterocycles. The van der Waals surface area contributed by atoms with Gasteiger partial charge in [0.05, 0.1) is 11.7 Å². The Kier molecular flexibility index (Phi) is 1.45. The van der Waals surface area contributed by atoms with Gasteiger partial charge >= 0.3 is 0 Å². The molecule has 0 aromatic carbocycles. The lowest BCUT2D eigenvalue weighted by Gasteiger charge is -2.64. The van der Waals surface area contributed by atoms with Crippen LogP contribution in [-0.4, -0.2) is 21.9 Å². The number of fused-ring (bicyclic) bond motifs is 2. The van der Waals surface area contributed by atoms with E-state index >= 15 is 0 Å². The Balaban J connectivity index is 2.27. The molecule has 4 atom stereocenters. The van der Waals surface area contributed by atoms with Gasteiger partial charge in [0.25, 0.3) is 0 Å². The number of aliphatic hydroxyl groups is 2. The van der Waals surface area contributed by atoms with E-state index in [1.165, 1.54) is 0 Å². The number of aliphatic hydroxyl groups excluding tert-OH is 1. The molecule has 0 radical (unpaired) electrons. The van der Waals surface area contributed by atoms with Gasteiger partial charge < -0.3 is 10.2 Å². The predicted molar refractivity (Wildman–Crippen MR) is 46.6 cm³/mol. The Morgan fingerprint density at radius 2 is 1.75 bits per heavy atom. The van der Waals surface area contributed by atoms with E-state index in [1.807, 2.05) is 0 Å². The van der Waals surface area contributed by atoms with Gasteiger partial charge in [0.1, 0.15) is 0 Å². The van der Waals surface area contributed by atoms with E-state index in [-0.39, 0.29) is 5.41 Å². The largest absolute Gasteiger partial charge is 0.390 e. The predicted octanol–water partition coefficient (Wildman–Crippen LogP) is 1.16. The molecular weight excluding hydrogens is 152 g/mol. The number of rotatable bonds is 0. The van der Waals surface area contributed by atoms with Crippen molar-refractivity contribution >= 4 is 0 Å². The van der Waals surface area contributed by atoms with E-state index in [4.69, 9.17) is 0 Å². The normalized spacial score (nSPS) is 56.2. The molecule has 3 rings (SSSR count). The summed E-state index contributed by atoms with van der Waals surface area (Å²) in [5.41, 5.74) is -0.610. The molecule has 0 aromatic heterocycles. The Morgan fingerprint density at radius 1 is 1.17 bits per heavy atom. The molecule has 2 N–H and O–H groups in total. The molecule has 2 heteroatoms. The topological polar surface area (TPSA) is 40.5 Å². The summed E-state index contributed by atoms with van der Waals surface area (Å²) in [5, 5.41) is 19.7. The van der Waals surface area contributed by atoms with Gasteiger partial charge in [-0.3, -0.25) is 0 Å². The Labute approximate surface area is 73.6 Å². The summed E-state index contributed by atoms with van der Waals surface area (Å²) in [6, 6.07) is 0. The molecule has 12 heavy (non-hydrogen) atoms. The molecule has 2 bridgehead atoms. The molecule has 3 aliphatic rings. The van der Waals surface area contributed by atoms with E-state index in [9.17, 15) is 10.2 Å². The van der Waals surface area contributed by atoms with Crippen molar-refractivity contribution in [3.63, 3.8) is 0 Å². The third-order valence-corrected chi connectivity index (χ3v) is 4.36. The van der Waals surface area contributed by atoms with Crippen LogP contribution in [0.3, 0.4) is 0 Å². The molecule has 0 heterocycles. The Bertz CT molecular complexity index is 208. The first-order valence-corrected chi connectivity index (χ1v) is 4.77. The van der Waals surface area contributed by atoms with Gasteiger partial charge in [-0.15, -0.1) is 0 Å². The fourth-order valence-corrected chi connectivity index (χ4v) is 3.15. The maximum Gasteiger partial charge on any atom is 0.0910 e. The fraction of sp³-hybridized carbons (Fsp3) is 1.00.